The lowest BCUT2D eigenvalue weighted by molar-refractivity contribution is -0.705. The van der Waals surface area contributed by atoms with Crippen LogP contribution in [0, 0.1) is 16.7 Å². The minimum atomic E-state index is -0.422. The van der Waals surface area contributed by atoms with E-state index in [9.17, 15) is 4.79 Å². The number of nitrogens with one attached hydrogen (secondary N) is 3. The predicted molar refractivity (Wildman–Crippen MR) is 108 cm³/mol. The van der Waals surface area contributed by atoms with E-state index in [2.05, 4.69) is 42.8 Å². The molecule has 2 bridgehead atoms. The molecule has 2 fully saturated rings. The summed E-state index contributed by atoms with van der Waals surface area (Å²) in [5.41, 5.74) is 3.46. The number of nitrogens with zero attached hydrogens (tertiary/aromatic N) is 1. The quantitative estimate of drug-likeness (QED) is 0.695. The molecule has 1 aromatic heterocycles. The summed E-state index contributed by atoms with van der Waals surface area (Å²) in [7, 11) is 0. The van der Waals surface area contributed by atoms with E-state index in [1.54, 1.807) is 0 Å². The first-order chi connectivity index (χ1) is 13.4. The number of rotatable bonds is 2. The summed E-state index contributed by atoms with van der Waals surface area (Å²) in [6.45, 7) is 7.01. The van der Waals surface area contributed by atoms with Gasteiger partial charge in [-0.1, -0.05) is 20.8 Å². The zero-order valence-corrected chi connectivity index (χ0v) is 16.8. The van der Waals surface area contributed by atoms with Crippen molar-refractivity contribution in [3.63, 3.8) is 0 Å². The van der Waals surface area contributed by atoms with Gasteiger partial charge in [0.25, 0.3) is 0 Å². The molecule has 0 aromatic carbocycles. The van der Waals surface area contributed by atoms with Crippen molar-refractivity contribution in [2.45, 2.75) is 52.2 Å². The topological polar surface area (TPSA) is 57.0 Å². The maximum absolute atomic E-state index is 13.4. The highest BCUT2D eigenvalue weighted by atomic mass is 16.2. The number of hydrogen-bond donors (Lipinski definition) is 3. The molecule has 3 heterocycles. The first-order valence-corrected chi connectivity index (χ1v) is 10.3. The Kier molecular flexibility index (Phi) is 3.74. The van der Waals surface area contributed by atoms with Crippen LogP contribution in [-0.4, -0.2) is 11.9 Å². The summed E-state index contributed by atoms with van der Waals surface area (Å²) in [6.07, 6.45) is 13.2. The monoisotopic (exact) mass is 377 g/mol. The van der Waals surface area contributed by atoms with Crippen molar-refractivity contribution in [3.8, 4) is 0 Å². The molecule has 0 radical (unpaired) electrons. The Hall–Kier alpha value is -2.56. The van der Waals surface area contributed by atoms with Crippen LogP contribution in [0.4, 0.5) is 0 Å². The zero-order valence-electron chi connectivity index (χ0n) is 16.8. The second-order valence-electron chi connectivity index (χ2n) is 9.56. The Bertz CT molecular complexity index is 910. The zero-order chi connectivity index (χ0) is 19.5. The third kappa shape index (κ3) is 2.45. The Balaban J connectivity index is 1.46. The van der Waals surface area contributed by atoms with E-state index in [1.165, 1.54) is 19.3 Å². The van der Waals surface area contributed by atoms with Gasteiger partial charge < -0.3 is 16.0 Å². The fourth-order valence-electron chi connectivity index (χ4n) is 6.03. The first-order valence-electron chi connectivity index (χ1n) is 10.3. The van der Waals surface area contributed by atoms with E-state index in [0.717, 1.165) is 17.0 Å². The number of allylic oxidation sites excluding steroid dienone is 3. The van der Waals surface area contributed by atoms with Crippen molar-refractivity contribution in [2.75, 3.05) is 0 Å². The van der Waals surface area contributed by atoms with Crippen molar-refractivity contribution in [2.24, 2.45) is 16.7 Å². The number of dihydropyridines is 1. The summed E-state index contributed by atoms with van der Waals surface area (Å²) >= 11 is 0. The van der Waals surface area contributed by atoms with Crippen molar-refractivity contribution in [3.05, 3.63) is 60.2 Å². The summed E-state index contributed by atoms with van der Waals surface area (Å²) in [5.74, 6) is 0.767. The summed E-state index contributed by atoms with van der Waals surface area (Å²) in [4.78, 5) is 13.4. The molecule has 2 saturated carbocycles. The predicted octanol–water partition coefficient (Wildman–Crippen LogP) is 2.75. The molecular formula is C23H29N4O+. The van der Waals surface area contributed by atoms with Crippen LogP contribution in [0.1, 0.15) is 51.9 Å². The van der Waals surface area contributed by atoms with Crippen LogP contribution in [0.3, 0.4) is 0 Å². The number of hydrogen-bond acceptors (Lipinski definition) is 3. The van der Waals surface area contributed by atoms with Crippen molar-refractivity contribution < 1.29 is 9.36 Å². The van der Waals surface area contributed by atoms with Crippen LogP contribution in [0.5, 0.6) is 0 Å². The minimum Gasteiger partial charge on any atom is -0.368 e. The standard InChI is InChI=1S/C23H28N4O/c1-22(2)16-7-10-23(3,14-16)21(22)26-20(28)19-25-18(15-8-11-24-12-9-15)17-6-4-5-13-27(17)19/h4-6,8-9,11-13,16,19,21,25H,7,10,14H2,1-3H3,(H,26,28)/p+1/t16-,19?,21+,23+/m1/s1. The number of pyridine rings is 1. The SMILES string of the molecule is CC1(C)[C@@H]2CC[C@@](C)(C2)[C@H]1NC(=O)C1NC(=C2C=CNC=C2)c2cccc[n+]21. The van der Waals surface area contributed by atoms with Gasteiger partial charge in [0, 0.05) is 36.1 Å². The lowest BCUT2D eigenvalue weighted by Crippen LogP contribution is -2.58. The van der Waals surface area contributed by atoms with Crippen LogP contribution in [0.25, 0.3) is 5.70 Å². The van der Waals surface area contributed by atoms with E-state index < -0.39 is 6.17 Å². The van der Waals surface area contributed by atoms with Gasteiger partial charge in [-0.05, 0) is 54.2 Å². The van der Waals surface area contributed by atoms with E-state index in [0.29, 0.717) is 5.92 Å². The van der Waals surface area contributed by atoms with E-state index in [4.69, 9.17) is 0 Å². The number of carbonyl (C=O) groups is 1. The van der Waals surface area contributed by atoms with Crippen molar-refractivity contribution in [1.82, 2.24) is 16.0 Å². The molecule has 1 unspecified atom stereocenters. The highest BCUT2D eigenvalue weighted by Gasteiger charge is 2.60. The van der Waals surface area contributed by atoms with Crippen LogP contribution in [0.2, 0.25) is 0 Å². The Morgan fingerprint density at radius 1 is 1.21 bits per heavy atom. The Labute approximate surface area is 166 Å². The molecule has 5 nitrogen and oxygen atoms in total. The fraction of sp³-hybridized carbons (Fsp3) is 0.478. The normalized spacial score (nSPS) is 34.2. The Morgan fingerprint density at radius 2 is 2.00 bits per heavy atom. The van der Waals surface area contributed by atoms with Gasteiger partial charge in [0.1, 0.15) is 5.70 Å². The van der Waals surface area contributed by atoms with Crippen LogP contribution >= 0.6 is 0 Å². The van der Waals surface area contributed by atoms with E-state index >= 15 is 0 Å². The highest BCUT2D eigenvalue weighted by Crippen LogP contribution is 2.62. The highest BCUT2D eigenvalue weighted by molar-refractivity contribution is 5.83. The average molecular weight is 378 g/mol. The van der Waals surface area contributed by atoms with Crippen molar-refractivity contribution >= 4 is 11.6 Å². The number of aromatic nitrogens is 1. The molecule has 2 aliphatic heterocycles. The van der Waals surface area contributed by atoms with Gasteiger partial charge in [0.05, 0.1) is 0 Å². The number of amides is 1. The largest absolute Gasteiger partial charge is 0.368 e. The lowest BCUT2D eigenvalue weighted by atomic mass is 9.68. The molecule has 28 heavy (non-hydrogen) atoms. The van der Waals surface area contributed by atoms with Crippen molar-refractivity contribution in [1.29, 1.82) is 0 Å². The van der Waals surface area contributed by atoms with Crippen LogP contribution in [0.15, 0.2) is 54.5 Å². The van der Waals surface area contributed by atoms with Gasteiger partial charge in [-0.2, -0.15) is 4.57 Å². The fourth-order valence-corrected chi connectivity index (χ4v) is 6.03. The van der Waals surface area contributed by atoms with Gasteiger partial charge in [-0.15, -0.1) is 0 Å². The van der Waals surface area contributed by atoms with E-state index in [-0.39, 0.29) is 22.8 Å². The smallest absolute Gasteiger partial charge is 0.311 e. The maximum atomic E-state index is 13.4. The second-order valence-corrected chi connectivity index (χ2v) is 9.56. The molecule has 4 aliphatic rings. The molecule has 0 saturated heterocycles. The third-order valence-corrected chi connectivity index (χ3v) is 7.52. The number of carbonyl (C=O) groups excluding carboxylic acids is 1. The average Bonchev–Trinajstić information content (AvgIpc) is 3.33. The molecule has 2 aliphatic carbocycles. The van der Waals surface area contributed by atoms with Gasteiger partial charge in [0.2, 0.25) is 5.69 Å². The second kappa shape index (κ2) is 5.97. The van der Waals surface area contributed by atoms with Gasteiger partial charge >= 0.3 is 12.1 Å². The minimum absolute atomic E-state index is 0.0572. The molecule has 5 rings (SSSR count). The van der Waals surface area contributed by atoms with Crippen LogP contribution in [-0.2, 0) is 4.79 Å². The third-order valence-electron chi connectivity index (χ3n) is 7.52. The maximum Gasteiger partial charge on any atom is 0.311 e. The molecule has 5 heteroatoms. The lowest BCUT2D eigenvalue weighted by Gasteiger charge is -2.43. The molecule has 4 atom stereocenters. The van der Waals surface area contributed by atoms with E-state index in [1.807, 2.05) is 47.4 Å². The first kappa shape index (κ1) is 17.5. The van der Waals surface area contributed by atoms with Gasteiger partial charge in [-0.3, -0.25) is 4.79 Å². The number of fused-ring (bicyclic) bond motifs is 3. The molecule has 1 amide bonds. The van der Waals surface area contributed by atoms with Crippen LogP contribution < -0.4 is 20.5 Å². The summed E-state index contributed by atoms with van der Waals surface area (Å²) < 4.78 is 2.05. The molecular weight excluding hydrogens is 348 g/mol. The molecule has 0 spiro atoms. The summed E-state index contributed by atoms with van der Waals surface area (Å²) in [5, 5.41) is 10.0. The van der Waals surface area contributed by atoms with Gasteiger partial charge in [0.15, 0.2) is 6.20 Å². The molecule has 1 aromatic rings. The molecule has 3 N–H and O–H groups in total. The van der Waals surface area contributed by atoms with Gasteiger partial charge in [-0.25, -0.2) is 0 Å². The summed E-state index contributed by atoms with van der Waals surface area (Å²) in [6, 6.07) is 6.28. The molecule has 146 valence electrons. The Morgan fingerprint density at radius 3 is 2.71 bits per heavy atom.